The van der Waals surface area contributed by atoms with Crippen LogP contribution in [0.5, 0.6) is 0 Å². The molecule has 3 N–H and O–H groups in total. The number of hydrogen-bond donors (Lipinski definition) is 2. The lowest BCUT2D eigenvalue weighted by Gasteiger charge is -2.11. The highest BCUT2D eigenvalue weighted by atomic mass is 32.2. The molecule has 0 aliphatic heterocycles. The van der Waals surface area contributed by atoms with Crippen LogP contribution in [0.25, 0.3) is 0 Å². The number of nitrogens with two attached hydrogens (primary N) is 1. The van der Waals surface area contributed by atoms with E-state index in [2.05, 4.69) is 9.97 Å². The molecule has 1 unspecified atom stereocenters. The Morgan fingerprint density at radius 1 is 1.53 bits per heavy atom. The predicted molar refractivity (Wildman–Crippen MR) is 66.5 cm³/mol. The predicted octanol–water partition coefficient (Wildman–Crippen LogP) is 2.59. The van der Waals surface area contributed by atoms with E-state index < -0.39 is 0 Å². The third-order valence-corrected chi connectivity index (χ3v) is 3.30. The SMILES string of the molecule is CC(N)Cc1c(F)cccc1Sc1ncc[nH]1. The topological polar surface area (TPSA) is 54.7 Å². The van der Waals surface area contributed by atoms with Crippen LogP contribution in [0.1, 0.15) is 12.5 Å². The molecule has 2 aromatic rings. The Balaban J connectivity index is 2.29. The van der Waals surface area contributed by atoms with E-state index >= 15 is 0 Å². The Morgan fingerprint density at radius 3 is 3.00 bits per heavy atom. The number of aromatic amines is 1. The molecule has 0 bridgehead atoms. The number of benzene rings is 1. The zero-order chi connectivity index (χ0) is 12.3. The molecule has 0 amide bonds. The van der Waals surface area contributed by atoms with Crippen molar-refractivity contribution in [2.24, 2.45) is 5.73 Å². The van der Waals surface area contributed by atoms with E-state index in [1.165, 1.54) is 17.8 Å². The van der Waals surface area contributed by atoms with Gasteiger partial charge in [-0.05, 0) is 25.5 Å². The number of nitrogens with zero attached hydrogens (tertiary/aromatic N) is 1. The molecule has 1 aromatic carbocycles. The van der Waals surface area contributed by atoms with E-state index in [1.807, 2.05) is 13.0 Å². The van der Waals surface area contributed by atoms with Crippen LogP contribution in [0.4, 0.5) is 4.39 Å². The van der Waals surface area contributed by atoms with Crippen molar-refractivity contribution in [1.82, 2.24) is 9.97 Å². The van der Waals surface area contributed by atoms with Gasteiger partial charge < -0.3 is 10.7 Å². The minimum atomic E-state index is -0.209. The van der Waals surface area contributed by atoms with Crippen molar-refractivity contribution < 1.29 is 4.39 Å². The molecule has 0 fully saturated rings. The monoisotopic (exact) mass is 251 g/mol. The van der Waals surface area contributed by atoms with Crippen LogP contribution in [0.15, 0.2) is 40.6 Å². The number of rotatable bonds is 4. The summed E-state index contributed by atoms with van der Waals surface area (Å²) < 4.78 is 13.7. The van der Waals surface area contributed by atoms with Crippen LogP contribution in [-0.2, 0) is 6.42 Å². The van der Waals surface area contributed by atoms with Gasteiger partial charge in [0, 0.05) is 28.9 Å². The molecule has 0 aliphatic rings. The second-order valence-corrected chi connectivity index (χ2v) is 4.92. The molecule has 0 aliphatic carbocycles. The molecule has 0 saturated heterocycles. The third-order valence-electron chi connectivity index (χ3n) is 2.28. The summed E-state index contributed by atoms with van der Waals surface area (Å²) in [6.07, 6.45) is 3.94. The maximum Gasteiger partial charge on any atom is 0.170 e. The molecule has 3 nitrogen and oxygen atoms in total. The van der Waals surface area contributed by atoms with Crippen LogP contribution >= 0.6 is 11.8 Å². The summed E-state index contributed by atoms with van der Waals surface area (Å²) in [5.41, 5.74) is 6.39. The normalized spacial score (nSPS) is 12.6. The lowest BCUT2D eigenvalue weighted by molar-refractivity contribution is 0.588. The number of imidazole rings is 1. The molecule has 0 spiro atoms. The summed E-state index contributed by atoms with van der Waals surface area (Å²) in [6.45, 7) is 1.87. The number of aromatic nitrogens is 2. The fourth-order valence-electron chi connectivity index (χ4n) is 1.57. The zero-order valence-corrected chi connectivity index (χ0v) is 10.3. The van der Waals surface area contributed by atoms with Crippen molar-refractivity contribution in [2.75, 3.05) is 0 Å². The maximum absolute atomic E-state index is 13.7. The van der Waals surface area contributed by atoms with E-state index in [-0.39, 0.29) is 11.9 Å². The first kappa shape index (κ1) is 12.1. The standard InChI is InChI=1S/C12H14FN3S/c1-8(14)7-9-10(13)3-2-4-11(9)17-12-15-5-6-16-12/h2-6,8H,7,14H2,1H3,(H,15,16). The zero-order valence-electron chi connectivity index (χ0n) is 9.48. The lowest BCUT2D eigenvalue weighted by atomic mass is 10.1. The maximum atomic E-state index is 13.7. The van der Waals surface area contributed by atoms with Crippen LogP contribution in [-0.4, -0.2) is 16.0 Å². The summed E-state index contributed by atoms with van der Waals surface area (Å²) in [4.78, 5) is 7.96. The smallest absolute Gasteiger partial charge is 0.170 e. The first-order valence-corrected chi connectivity index (χ1v) is 6.18. The summed E-state index contributed by atoms with van der Waals surface area (Å²) in [5.74, 6) is -0.209. The molecular formula is C12H14FN3S. The van der Waals surface area contributed by atoms with Crippen molar-refractivity contribution in [2.45, 2.75) is 29.4 Å². The molecule has 2 rings (SSSR count). The van der Waals surface area contributed by atoms with Gasteiger partial charge in [-0.15, -0.1) is 0 Å². The summed E-state index contributed by atoms with van der Waals surface area (Å²) in [5, 5.41) is 0.751. The average Bonchev–Trinajstić information content (AvgIpc) is 2.75. The Morgan fingerprint density at radius 2 is 2.35 bits per heavy atom. The van der Waals surface area contributed by atoms with Gasteiger partial charge in [-0.2, -0.15) is 0 Å². The molecule has 90 valence electrons. The van der Waals surface area contributed by atoms with Crippen LogP contribution in [0.2, 0.25) is 0 Å². The summed E-state index contributed by atoms with van der Waals surface area (Å²) in [7, 11) is 0. The summed E-state index contributed by atoms with van der Waals surface area (Å²) in [6, 6.07) is 4.98. The van der Waals surface area contributed by atoms with Gasteiger partial charge in [0.05, 0.1) is 0 Å². The largest absolute Gasteiger partial charge is 0.339 e. The molecule has 0 saturated carbocycles. The lowest BCUT2D eigenvalue weighted by Crippen LogP contribution is -2.19. The van der Waals surface area contributed by atoms with Crippen molar-refractivity contribution in [1.29, 1.82) is 0 Å². The van der Waals surface area contributed by atoms with E-state index in [1.54, 1.807) is 18.5 Å². The summed E-state index contributed by atoms with van der Waals surface area (Å²) >= 11 is 1.41. The molecular weight excluding hydrogens is 237 g/mol. The Hall–Kier alpha value is -1.33. The first-order valence-electron chi connectivity index (χ1n) is 5.37. The minimum absolute atomic E-state index is 0.0668. The van der Waals surface area contributed by atoms with E-state index in [4.69, 9.17) is 5.73 Å². The second-order valence-electron chi connectivity index (χ2n) is 3.89. The molecule has 5 heteroatoms. The highest BCUT2D eigenvalue weighted by Gasteiger charge is 2.12. The van der Waals surface area contributed by atoms with Gasteiger partial charge in [-0.3, -0.25) is 0 Å². The second kappa shape index (κ2) is 5.33. The number of nitrogens with one attached hydrogen (secondary N) is 1. The Bertz CT molecular complexity index is 483. The average molecular weight is 251 g/mol. The van der Waals surface area contributed by atoms with Crippen molar-refractivity contribution >= 4 is 11.8 Å². The van der Waals surface area contributed by atoms with Crippen molar-refractivity contribution in [3.05, 3.63) is 42.0 Å². The van der Waals surface area contributed by atoms with Crippen LogP contribution in [0.3, 0.4) is 0 Å². The first-order chi connectivity index (χ1) is 8.16. The third kappa shape index (κ3) is 3.08. The van der Waals surface area contributed by atoms with Gasteiger partial charge in [0.1, 0.15) is 5.82 Å². The molecule has 1 atom stereocenters. The van der Waals surface area contributed by atoms with Gasteiger partial charge in [0.15, 0.2) is 5.16 Å². The Labute approximate surface area is 104 Å². The number of halogens is 1. The van der Waals surface area contributed by atoms with Gasteiger partial charge in [0.25, 0.3) is 0 Å². The number of hydrogen-bond acceptors (Lipinski definition) is 3. The van der Waals surface area contributed by atoms with Gasteiger partial charge in [-0.25, -0.2) is 9.37 Å². The van der Waals surface area contributed by atoms with Gasteiger partial charge >= 0.3 is 0 Å². The minimum Gasteiger partial charge on any atom is -0.339 e. The van der Waals surface area contributed by atoms with E-state index in [0.717, 1.165) is 10.1 Å². The molecule has 0 radical (unpaired) electrons. The van der Waals surface area contributed by atoms with Crippen molar-refractivity contribution in [3.63, 3.8) is 0 Å². The fourth-order valence-corrected chi connectivity index (χ4v) is 2.46. The highest BCUT2D eigenvalue weighted by Crippen LogP contribution is 2.29. The van der Waals surface area contributed by atoms with Gasteiger partial charge in [-0.1, -0.05) is 17.8 Å². The van der Waals surface area contributed by atoms with Crippen LogP contribution in [0, 0.1) is 5.82 Å². The van der Waals surface area contributed by atoms with Crippen LogP contribution < -0.4 is 5.73 Å². The number of H-pyrrole nitrogens is 1. The molecule has 1 heterocycles. The van der Waals surface area contributed by atoms with Gasteiger partial charge in [0.2, 0.25) is 0 Å². The highest BCUT2D eigenvalue weighted by molar-refractivity contribution is 7.99. The van der Waals surface area contributed by atoms with E-state index in [9.17, 15) is 4.39 Å². The van der Waals surface area contributed by atoms with Crippen molar-refractivity contribution in [3.8, 4) is 0 Å². The molecule has 17 heavy (non-hydrogen) atoms. The Kier molecular flexibility index (Phi) is 3.81. The quantitative estimate of drug-likeness (QED) is 0.878. The fraction of sp³-hybridized carbons (Fsp3) is 0.250. The van der Waals surface area contributed by atoms with E-state index in [0.29, 0.717) is 12.0 Å². The molecule has 1 aromatic heterocycles.